The van der Waals surface area contributed by atoms with E-state index in [4.69, 9.17) is 11.6 Å². The molecule has 4 heteroatoms. The Balaban J connectivity index is 2.18. The second kappa shape index (κ2) is 5.46. The molecule has 0 aliphatic carbocycles. The van der Waals surface area contributed by atoms with Crippen molar-refractivity contribution in [1.82, 2.24) is 0 Å². The maximum absolute atomic E-state index is 12.0. The summed E-state index contributed by atoms with van der Waals surface area (Å²) in [6.07, 6.45) is 0. The lowest BCUT2D eigenvalue weighted by atomic mass is 10.2. The topological polar surface area (TPSA) is 29.1 Å². The lowest BCUT2D eigenvalue weighted by molar-refractivity contribution is 0.102. The predicted molar refractivity (Wildman–Crippen MR) is 77.8 cm³/mol. The largest absolute Gasteiger partial charge is 0.321 e. The Morgan fingerprint density at radius 1 is 1.17 bits per heavy atom. The molecular weight excluding hydrogens is 266 g/mol. The lowest BCUT2D eigenvalue weighted by Gasteiger charge is -2.08. The minimum atomic E-state index is -0.186. The van der Waals surface area contributed by atoms with E-state index in [9.17, 15) is 4.79 Å². The number of nitrogens with one attached hydrogen (secondary N) is 1. The highest BCUT2D eigenvalue weighted by atomic mass is 35.5. The fourth-order valence-electron chi connectivity index (χ4n) is 1.53. The normalized spacial score (nSPS) is 10.2. The molecule has 0 atom stereocenters. The summed E-state index contributed by atoms with van der Waals surface area (Å²) in [6.45, 7) is 1.95. The molecule has 0 saturated carbocycles. The molecule has 0 bridgehead atoms. The number of aryl methyl sites for hydroxylation is 1. The van der Waals surface area contributed by atoms with Crippen molar-refractivity contribution in [2.24, 2.45) is 0 Å². The van der Waals surface area contributed by atoms with Crippen LogP contribution in [0.5, 0.6) is 0 Å². The Labute approximate surface area is 116 Å². The Kier molecular flexibility index (Phi) is 3.94. The van der Waals surface area contributed by atoms with Gasteiger partial charge in [-0.1, -0.05) is 17.7 Å². The Hall–Kier alpha value is -1.45. The first kappa shape index (κ1) is 13.0. The van der Waals surface area contributed by atoms with Crippen molar-refractivity contribution in [2.45, 2.75) is 11.8 Å². The molecular formula is C14H12ClNOS. The molecule has 0 aromatic heterocycles. The number of halogens is 1. The average Bonchev–Trinajstić information content (AvgIpc) is 2.33. The zero-order chi connectivity index (χ0) is 13.1. The third-order valence-electron chi connectivity index (χ3n) is 2.50. The van der Waals surface area contributed by atoms with Crippen LogP contribution in [0.4, 0.5) is 5.69 Å². The summed E-state index contributed by atoms with van der Waals surface area (Å²) in [7, 11) is 0. The molecule has 2 rings (SSSR count). The van der Waals surface area contributed by atoms with Gasteiger partial charge < -0.3 is 5.32 Å². The predicted octanol–water partition coefficient (Wildman–Crippen LogP) is 4.19. The molecule has 1 amide bonds. The van der Waals surface area contributed by atoms with Crippen molar-refractivity contribution in [2.75, 3.05) is 5.32 Å². The molecule has 2 nitrogen and oxygen atoms in total. The molecule has 1 N–H and O–H groups in total. The average molecular weight is 278 g/mol. The van der Waals surface area contributed by atoms with Crippen LogP contribution in [0, 0.1) is 6.92 Å². The molecule has 0 aliphatic heterocycles. The van der Waals surface area contributed by atoms with E-state index in [0.29, 0.717) is 16.3 Å². The molecule has 2 aromatic rings. The highest BCUT2D eigenvalue weighted by Crippen LogP contribution is 2.23. The maximum Gasteiger partial charge on any atom is 0.255 e. The van der Waals surface area contributed by atoms with Gasteiger partial charge in [0.1, 0.15) is 0 Å². The number of carbonyl (C=O) groups is 1. The van der Waals surface area contributed by atoms with Crippen molar-refractivity contribution in [3.05, 3.63) is 58.6 Å². The first-order chi connectivity index (χ1) is 8.56. The lowest BCUT2D eigenvalue weighted by Crippen LogP contribution is -2.12. The van der Waals surface area contributed by atoms with E-state index < -0.39 is 0 Å². The molecule has 18 heavy (non-hydrogen) atoms. The van der Waals surface area contributed by atoms with E-state index in [2.05, 4.69) is 17.9 Å². The van der Waals surface area contributed by atoms with Crippen molar-refractivity contribution in [1.29, 1.82) is 0 Å². The van der Waals surface area contributed by atoms with Crippen molar-refractivity contribution >= 4 is 35.8 Å². The minimum absolute atomic E-state index is 0.186. The second-order valence-electron chi connectivity index (χ2n) is 3.98. The fraction of sp³-hybridized carbons (Fsp3) is 0.0714. The van der Waals surface area contributed by atoms with Gasteiger partial charge in [-0.15, -0.1) is 12.6 Å². The van der Waals surface area contributed by atoms with Gasteiger partial charge in [0.15, 0.2) is 0 Å². The smallest absolute Gasteiger partial charge is 0.255 e. The van der Waals surface area contributed by atoms with Crippen LogP contribution in [-0.4, -0.2) is 5.91 Å². The Bertz CT molecular complexity index is 581. The van der Waals surface area contributed by atoms with Gasteiger partial charge in [-0.2, -0.15) is 0 Å². The third kappa shape index (κ3) is 3.06. The van der Waals surface area contributed by atoms with E-state index in [-0.39, 0.29) is 5.91 Å². The number of amides is 1. The molecule has 0 aliphatic rings. The second-order valence-corrected chi connectivity index (χ2v) is 4.91. The van der Waals surface area contributed by atoms with Crippen LogP contribution in [-0.2, 0) is 0 Å². The van der Waals surface area contributed by atoms with Gasteiger partial charge in [0.2, 0.25) is 0 Å². The first-order valence-corrected chi connectivity index (χ1v) is 6.25. The highest BCUT2D eigenvalue weighted by molar-refractivity contribution is 7.80. The van der Waals surface area contributed by atoms with Gasteiger partial charge in [-0.05, 0) is 48.9 Å². The molecule has 0 spiro atoms. The number of rotatable bonds is 2. The van der Waals surface area contributed by atoms with Crippen LogP contribution in [0.3, 0.4) is 0 Å². The minimum Gasteiger partial charge on any atom is -0.321 e. The summed E-state index contributed by atoms with van der Waals surface area (Å²) < 4.78 is 0. The number of hydrogen-bond acceptors (Lipinski definition) is 2. The van der Waals surface area contributed by atoms with E-state index in [0.717, 1.165) is 10.5 Å². The molecule has 92 valence electrons. The van der Waals surface area contributed by atoms with Crippen molar-refractivity contribution in [3.8, 4) is 0 Å². The summed E-state index contributed by atoms with van der Waals surface area (Å²) >= 11 is 10.2. The molecule has 0 unspecified atom stereocenters. The van der Waals surface area contributed by atoms with Crippen LogP contribution in [0.15, 0.2) is 47.4 Å². The van der Waals surface area contributed by atoms with Crippen LogP contribution < -0.4 is 5.32 Å². The fourth-order valence-corrected chi connectivity index (χ4v) is 1.96. The third-order valence-corrected chi connectivity index (χ3v) is 3.11. The highest BCUT2D eigenvalue weighted by Gasteiger charge is 2.08. The number of benzene rings is 2. The van der Waals surface area contributed by atoms with E-state index in [1.165, 1.54) is 0 Å². The number of anilines is 1. The summed E-state index contributed by atoms with van der Waals surface area (Å²) in [5.74, 6) is -0.186. The van der Waals surface area contributed by atoms with E-state index in [1.54, 1.807) is 30.3 Å². The van der Waals surface area contributed by atoms with Gasteiger partial charge >= 0.3 is 0 Å². The first-order valence-electron chi connectivity index (χ1n) is 5.43. The zero-order valence-corrected chi connectivity index (χ0v) is 11.4. The summed E-state index contributed by atoms with van der Waals surface area (Å²) in [5, 5.41) is 3.31. The van der Waals surface area contributed by atoms with Crippen LogP contribution in [0.1, 0.15) is 15.9 Å². The maximum atomic E-state index is 12.0. The van der Waals surface area contributed by atoms with Gasteiger partial charge in [-0.3, -0.25) is 4.79 Å². The number of hydrogen-bond donors (Lipinski definition) is 2. The Morgan fingerprint density at radius 3 is 2.44 bits per heavy atom. The SMILES string of the molecule is Cc1ccc(NC(=O)c2ccc(S)cc2)c(Cl)c1. The van der Waals surface area contributed by atoms with Gasteiger partial charge in [0.25, 0.3) is 5.91 Å². The standard InChI is InChI=1S/C14H12ClNOS/c1-9-2-7-13(12(15)8-9)16-14(17)10-3-5-11(18)6-4-10/h2-8,18H,1H3,(H,16,17). The van der Waals surface area contributed by atoms with Crippen molar-refractivity contribution in [3.63, 3.8) is 0 Å². The van der Waals surface area contributed by atoms with E-state index >= 15 is 0 Å². The molecule has 0 saturated heterocycles. The van der Waals surface area contributed by atoms with Crippen LogP contribution >= 0.6 is 24.2 Å². The van der Waals surface area contributed by atoms with Gasteiger partial charge in [-0.25, -0.2) is 0 Å². The van der Waals surface area contributed by atoms with E-state index in [1.807, 2.05) is 19.1 Å². The number of thiol groups is 1. The quantitative estimate of drug-likeness (QED) is 0.792. The zero-order valence-electron chi connectivity index (χ0n) is 9.77. The molecule has 0 radical (unpaired) electrons. The van der Waals surface area contributed by atoms with Crippen LogP contribution in [0.25, 0.3) is 0 Å². The Morgan fingerprint density at radius 2 is 1.83 bits per heavy atom. The van der Waals surface area contributed by atoms with Gasteiger partial charge in [0.05, 0.1) is 10.7 Å². The van der Waals surface area contributed by atoms with Crippen LogP contribution in [0.2, 0.25) is 5.02 Å². The molecule has 0 fully saturated rings. The molecule has 2 aromatic carbocycles. The summed E-state index contributed by atoms with van der Waals surface area (Å²) in [6, 6.07) is 12.5. The van der Waals surface area contributed by atoms with Crippen molar-refractivity contribution < 1.29 is 4.79 Å². The number of carbonyl (C=O) groups excluding carboxylic acids is 1. The monoisotopic (exact) mass is 277 g/mol. The van der Waals surface area contributed by atoms with Gasteiger partial charge in [0, 0.05) is 10.5 Å². The summed E-state index contributed by atoms with van der Waals surface area (Å²) in [4.78, 5) is 12.8. The molecule has 0 heterocycles. The summed E-state index contributed by atoms with van der Waals surface area (Å²) in [5.41, 5.74) is 2.24.